The first kappa shape index (κ1) is 12.1. The Morgan fingerprint density at radius 3 is 2.53 bits per heavy atom. The average molecular weight is 285 g/mol. The minimum atomic E-state index is 0.259. The molecule has 0 aliphatic heterocycles. The molecule has 0 spiro atoms. The summed E-state index contributed by atoms with van der Waals surface area (Å²) in [6.45, 7) is 0. The van der Waals surface area contributed by atoms with E-state index in [-0.39, 0.29) is 5.75 Å². The van der Waals surface area contributed by atoms with Gasteiger partial charge in [-0.25, -0.2) is 0 Å². The lowest BCUT2D eigenvalue weighted by Gasteiger charge is -1.93. The topological polar surface area (TPSA) is 32.6 Å². The lowest BCUT2D eigenvalue weighted by molar-refractivity contribution is 0.475. The molecular formula is C15H11NOS2. The molecule has 0 saturated carbocycles. The fraction of sp³-hybridized carbons (Fsp3) is 0. The fourth-order valence-electron chi connectivity index (χ4n) is 1.65. The number of rotatable bonds is 3. The molecule has 0 saturated heterocycles. The Balaban J connectivity index is 1.78. The molecule has 0 atom stereocenters. The maximum absolute atomic E-state index is 9.20. The Kier molecular flexibility index (Phi) is 3.44. The molecule has 2 aromatic heterocycles. The van der Waals surface area contributed by atoms with Gasteiger partial charge in [-0.15, -0.1) is 22.7 Å². The number of aliphatic imine (C=N–C) groups is 1. The Morgan fingerprint density at radius 1 is 0.947 bits per heavy atom. The molecule has 3 rings (SSSR count). The van der Waals surface area contributed by atoms with Crippen LogP contribution < -0.4 is 0 Å². The van der Waals surface area contributed by atoms with Gasteiger partial charge in [0.15, 0.2) is 0 Å². The lowest BCUT2D eigenvalue weighted by Crippen LogP contribution is -1.71. The average Bonchev–Trinajstić information content (AvgIpc) is 3.09. The number of thiophene rings is 2. The summed E-state index contributed by atoms with van der Waals surface area (Å²) in [6, 6.07) is 15.2. The van der Waals surface area contributed by atoms with E-state index in [1.807, 2.05) is 6.21 Å². The highest BCUT2D eigenvalue weighted by Gasteiger charge is 2.01. The molecule has 1 N–H and O–H groups in total. The van der Waals surface area contributed by atoms with Crippen molar-refractivity contribution in [1.29, 1.82) is 0 Å². The second-order valence-electron chi connectivity index (χ2n) is 3.95. The van der Waals surface area contributed by atoms with Crippen LogP contribution in [0.15, 0.2) is 58.9 Å². The van der Waals surface area contributed by atoms with Crippen LogP contribution in [0, 0.1) is 0 Å². The van der Waals surface area contributed by atoms with Gasteiger partial charge in [0, 0.05) is 20.8 Å². The molecule has 0 amide bonds. The summed E-state index contributed by atoms with van der Waals surface area (Å²) in [7, 11) is 0. The normalized spacial score (nSPS) is 11.2. The van der Waals surface area contributed by atoms with Crippen LogP contribution in [-0.4, -0.2) is 11.3 Å². The fourth-order valence-corrected chi connectivity index (χ4v) is 3.36. The molecule has 2 heterocycles. The Hall–Kier alpha value is -1.91. The van der Waals surface area contributed by atoms with E-state index in [1.54, 1.807) is 46.9 Å². The van der Waals surface area contributed by atoms with Crippen molar-refractivity contribution in [2.75, 3.05) is 0 Å². The van der Waals surface area contributed by atoms with Crippen LogP contribution >= 0.6 is 22.7 Å². The molecule has 0 radical (unpaired) electrons. The van der Waals surface area contributed by atoms with Crippen LogP contribution in [0.4, 0.5) is 5.69 Å². The molecule has 4 heteroatoms. The predicted molar refractivity (Wildman–Crippen MR) is 83.0 cm³/mol. The zero-order chi connectivity index (χ0) is 13.1. The molecule has 0 aliphatic rings. The number of nitrogens with zero attached hydrogens (tertiary/aromatic N) is 1. The van der Waals surface area contributed by atoms with Crippen molar-refractivity contribution in [3.63, 3.8) is 0 Å². The first-order chi connectivity index (χ1) is 9.31. The third kappa shape index (κ3) is 2.92. The van der Waals surface area contributed by atoms with E-state index in [9.17, 15) is 5.11 Å². The molecule has 2 nitrogen and oxygen atoms in total. The lowest BCUT2D eigenvalue weighted by atomic mass is 10.3. The molecule has 0 unspecified atom stereocenters. The summed E-state index contributed by atoms with van der Waals surface area (Å²) in [5.41, 5.74) is 0.837. The molecule has 0 aliphatic carbocycles. The maximum atomic E-state index is 9.20. The molecule has 1 aromatic carbocycles. The van der Waals surface area contributed by atoms with Crippen LogP contribution in [0.1, 0.15) is 4.88 Å². The van der Waals surface area contributed by atoms with Gasteiger partial charge in [0.1, 0.15) is 5.75 Å². The van der Waals surface area contributed by atoms with Gasteiger partial charge in [-0.05, 0) is 47.8 Å². The van der Waals surface area contributed by atoms with Crippen molar-refractivity contribution in [1.82, 2.24) is 0 Å². The minimum Gasteiger partial charge on any atom is -0.508 e. The van der Waals surface area contributed by atoms with Crippen LogP contribution in [-0.2, 0) is 0 Å². The molecular weight excluding hydrogens is 274 g/mol. The van der Waals surface area contributed by atoms with Gasteiger partial charge in [0.05, 0.1) is 5.69 Å². The van der Waals surface area contributed by atoms with Crippen LogP contribution in [0.3, 0.4) is 0 Å². The maximum Gasteiger partial charge on any atom is 0.115 e. The first-order valence-electron chi connectivity index (χ1n) is 5.78. The third-order valence-electron chi connectivity index (χ3n) is 2.58. The van der Waals surface area contributed by atoms with E-state index in [0.717, 1.165) is 10.6 Å². The Labute approximate surface area is 119 Å². The van der Waals surface area contributed by atoms with Crippen molar-refractivity contribution in [2.24, 2.45) is 4.99 Å². The number of aromatic hydroxyl groups is 1. The van der Waals surface area contributed by atoms with E-state index in [1.165, 1.54) is 9.75 Å². The predicted octanol–water partition coefficient (Wildman–Crippen LogP) is 4.93. The molecule has 3 aromatic rings. The van der Waals surface area contributed by atoms with Gasteiger partial charge < -0.3 is 5.11 Å². The van der Waals surface area contributed by atoms with Gasteiger partial charge >= 0.3 is 0 Å². The van der Waals surface area contributed by atoms with Gasteiger partial charge in [-0.1, -0.05) is 6.07 Å². The molecule has 0 fully saturated rings. The zero-order valence-electron chi connectivity index (χ0n) is 9.98. The standard InChI is InChI=1S/C15H11NOS2/c17-12-5-3-11(4-6-12)16-10-13-7-8-15(19-13)14-2-1-9-18-14/h1-10,17H. The van der Waals surface area contributed by atoms with Gasteiger partial charge in [-0.3, -0.25) is 4.99 Å². The number of phenolic OH excluding ortho intramolecular Hbond substituents is 1. The molecule has 94 valence electrons. The smallest absolute Gasteiger partial charge is 0.115 e. The summed E-state index contributed by atoms with van der Waals surface area (Å²) in [4.78, 5) is 8.06. The van der Waals surface area contributed by atoms with Crippen molar-refractivity contribution in [2.45, 2.75) is 0 Å². The second-order valence-corrected chi connectivity index (χ2v) is 6.02. The Morgan fingerprint density at radius 2 is 1.79 bits per heavy atom. The van der Waals surface area contributed by atoms with Crippen LogP contribution in [0.2, 0.25) is 0 Å². The highest BCUT2D eigenvalue weighted by Crippen LogP contribution is 2.31. The van der Waals surface area contributed by atoms with E-state index in [2.05, 4.69) is 34.6 Å². The summed E-state index contributed by atoms with van der Waals surface area (Å²) >= 11 is 3.47. The van der Waals surface area contributed by atoms with Gasteiger partial charge in [-0.2, -0.15) is 0 Å². The zero-order valence-corrected chi connectivity index (χ0v) is 11.6. The van der Waals surface area contributed by atoms with Crippen molar-refractivity contribution < 1.29 is 5.11 Å². The van der Waals surface area contributed by atoms with Crippen molar-refractivity contribution in [3.8, 4) is 15.5 Å². The Bertz CT molecular complexity index is 681. The van der Waals surface area contributed by atoms with E-state index in [0.29, 0.717) is 0 Å². The largest absolute Gasteiger partial charge is 0.508 e. The van der Waals surface area contributed by atoms with Crippen molar-refractivity contribution in [3.05, 3.63) is 58.8 Å². The summed E-state index contributed by atoms with van der Waals surface area (Å²) in [6.07, 6.45) is 1.86. The van der Waals surface area contributed by atoms with Crippen molar-refractivity contribution >= 4 is 34.6 Å². The molecule has 0 bridgehead atoms. The number of benzene rings is 1. The van der Waals surface area contributed by atoms with E-state index in [4.69, 9.17) is 0 Å². The van der Waals surface area contributed by atoms with Gasteiger partial charge in [0.25, 0.3) is 0 Å². The summed E-state index contributed by atoms with van der Waals surface area (Å²) in [5.74, 6) is 0.259. The van der Waals surface area contributed by atoms with E-state index >= 15 is 0 Å². The quantitative estimate of drug-likeness (QED) is 0.680. The minimum absolute atomic E-state index is 0.259. The monoisotopic (exact) mass is 285 g/mol. The summed E-state index contributed by atoms with van der Waals surface area (Å²) in [5, 5.41) is 11.3. The highest BCUT2D eigenvalue weighted by molar-refractivity contribution is 7.22. The van der Waals surface area contributed by atoms with Crippen LogP contribution in [0.25, 0.3) is 9.75 Å². The van der Waals surface area contributed by atoms with Crippen LogP contribution in [0.5, 0.6) is 5.75 Å². The molecule has 19 heavy (non-hydrogen) atoms. The second kappa shape index (κ2) is 5.38. The number of hydrogen-bond donors (Lipinski definition) is 1. The van der Waals surface area contributed by atoms with E-state index < -0.39 is 0 Å². The van der Waals surface area contributed by atoms with Gasteiger partial charge in [0.2, 0.25) is 0 Å². The number of phenols is 1. The summed E-state index contributed by atoms with van der Waals surface area (Å²) < 4.78 is 0. The first-order valence-corrected chi connectivity index (χ1v) is 7.48. The number of hydrogen-bond acceptors (Lipinski definition) is 4. The third-order valence-corrected chi connectivity index (χ3v) is 4.67. The highest BCUT2D eigenvalue weighted by atomic mass is 32.1. The SMILES string of the molecule is Oc1ccc(N=Cc2ccc(-c3cccs3)s2)cc1.